The number of aryl methyl sites for hydroxylation is 1. The number of amides is 1. The number of fused-ring (bicyclic) bond motifs is 2. The van der Waals surface area contributed by atoms with Crippen molar-refractivity contribution in [2.75, 3.05) is 56.7 Å². The van der Waals surface area contributed by atoms with E-state index in [2.05, 4.69) is 42.3 Å². The van der Waals surface area contributed by atoms with Gasteiger partial charge in [-0.3, -0.25) is 9.69 Å². The standard InChI is InChI=1S/C25H29BrN4O4/c1-32-21-8-7-19-24(23(21)26)34-28-25(19)30-13-11-29(12-14-30)10-2-3-15-33-18-6-4-17-5-9-22(31)27-20(17)16-18/h4,6-8,16H,2-3,5,9-15H2,1H3,(H,27,31). The number of ether oxygens (including phenoxy) is 2. The average molecular weight is 529 g/mol. The Morgan fingerprint density at radius 3 is 2.79 bits per heavy atom. The molecule has 0 saturated carbocycles. The van der Waals surface area contributed by atoms with Gasteiger partial charge in [0.2, 0.25) is 5.91 Å². The minimum Gasteiger partial charge on any atom is -0.495 e. The molecule has 3 heterocycles. The summed E-state index contributed by atoms with van der Waals surface area (Å²) in [6, 6.07) is 9.93. The van der Waals surface area contributed by atoms with Gasteiger partial charge in [-0.2, -0.15) is 0 Å². The summed E-state index contributed by atoms with van der Waals surface area (Å²) in [7, 11) is 1.64. The maximum Gasteiger partial charge on any atom is 0.224 e. The lowest BCUT2D eigenvalue weighted by Gasteiger charge is -2.34. The Kier molecular flexibility index (Phi) is 6.92. The molecule has 5 rings (SSSR count). The number of carbonyl (C=O) groups is 1. The van der Waals surface area contributed by atoms with Gasteiger partial charge in [-0.05, 0) is 65.5 Å². The number of halogens is 1. The van der Waals surface area contributed by atoms with Crippen molar-refractivity contribution in [2.24, 2.45) is 0 Å². The van der Waals surface area contributed by atoms with Crippen molar-refractivity contribution >= 4 is 44.3 Å². The summed E-state index contributed by atoms with van der Waals surface area (Å²) in [5.74, 6) is 2.53. The van der Waals surface area contributed by atoms with Crippen LogP contribution in [0.15, 0.2) is 39.3 Å². The van der Waals surface area contributed by atoms with Crippen LogP contribution in [0.4, 0.5) is 11.5 Å². The molecule has 0 spiro atoms. The van der Waals surface area contributed by atoms with Crippen molar-refractivity contribution in [3.8, 4) is 11.5 Å². The SMILES string of the molecule is COc1ccc2c(N3CCN(CCCCOc4ccc5c(c4)NC(=O)CC5)CC3)noc2c1Br. The van der Waals surface area contributed by atoms with E-state index in [1.165, 1.54) is 5.56 Å². The topological polar surface area (TPSA) is 80.1 Å². The number of anilines is 2. The van der Waals surface area contributed by atoms with Crippen LogP contribution in [0.1, 0.15) is 24.8 Å². The molecule has 0 atom stereocenters. The quantitative estimate of drug-likeness (QED) is 0.432. The number of nitrogens with one attached hydrogen (secondary N) is 1. The van der Waals surface area contributed by atoms with E-state index in [9.17, 15) is 4.79 Å². The van der Waals surface area contributed by atoms with Gasteiger partial charge in [0.05, 0.1) is 19.1 Å². The Morgan fingerprint density at radius 2 is 1.97 bits per heavy atom. The molecule has 2 aliphatic rings. The number of aromatic nitrogens is 1. The van der Waals surface area contributed by atoms with Crippen LogP contribution in [0.3, 0.4) is 0 Å². The van der Waals surface area contributed by atoms with Gasteiger partial charge in [-0.1, -0.05) is 11.2 Å². The fourth-order valence-corrected chi connectivity index (χ4v) is 5.16. The Morgan fingerprint density at radius 1 is 1.12 bits per heavy atom. The number of nitrogens with zero attached hydrogens (tertiary/aromatic N) is 3. The number of methoxy groups -OCH3 is 1. The number of unbranched alkanes of at least 4 members (excludes halogenated alkanes) is 1. The highest BCUT2D eigenvalue weighted by Crippen LogP contribution is 2.37. The molecule has 1 N–H and O–H groups in total. The molecule has 1 amide bonds. The van der Waals surface area contributed by atoms with Crippen molar-refractivity contribution in [1.29, 1.82) is 0 Å². The van der Waals surface area contributed by atoms with Crippen LogP contribution in [0.5, 0.6) is 11.5 Å². The van der Waals surface area contributed by atoms with Crippen LogP contribution >= 0.6 is 15.9 Å². The summed E-state index contributed by atoms with van der Waals surface area (Å²) < 4.78 is 17.7. The second-order valence-electron chi connectivity index (χ2n) is 8.72. The van der Waals surface area contributed by atoms with E-state index < -0.39 is 0 Å². The fraction of sp³-hybridized carbons (Fsp3) is 0.440. The maximum atomic E-state index is 11.6. The largest absolute Gasteiger partial charge is 0.495 e. The molecule has 0 aliphatic carbocycles. The first-order valence-electron chi connectivity index (χ1n) is 11.8. The highest BCUT2D eigenvalue weighted by atomic mass is 79.9. The number of hydrogen-bond acceptors (Lipinski definition) is 7. The molecular formula is C25H29BrN4O4. The van der Waals surface area contributed by atoms with Gasteiger partial charge in [-0.15, -0.1) is 0 Å². The zero-order valence-electron chi connectivity index (χ0n) is 19.3. The van der Waals surface area contributed by atoms with Crippen LogP contribution in [0.25, 0.3) is 11.0 Å². The molecule has 0 radical (unpaired) electrons. The van der Waals surface area contributed by atoms with Gasteiger partial charge in [0.1, 0.15) is 16.0 Å². The van der Waals surface area contributed by atoms with Gasteiger partial charge in [-0.25, -0.2) is 0 Å². The van der Waals surface area contributed by atoms with Crippen LogP contribution in [-0.4, -0.2) is 62.4 Å². The van der Waals surface area contributed by atoms with Gasteiger partial charge in [0.15, 0.2) is 11.4 Å². The van der Waals surface area contributed by atoms with E-state index in [1.807, 2.05) is 24.3 Å². The molecule has 2 aliphatic heterocycles. The van der Waals surface area contributed by atoms with E-state index >= 15 is 0 Å². The van der Waals surface area contributed by atoms with Crippen LogP contribution in [0.2, 0.25) is 0 Å². The lowest BCUT2D eigenvalue weighted by molar-refractivity contribution is -0.116. The third-order valence-electron chi connectivity index (χ3n) is 6.53. The molecule has 2 aromatic carbocycles. The predicted molar refractivity (Wildman–Crippen MR) is 135 cm³/mol. The molecular weight excluding hydrogens is 500 g/mol. The molecule has 1 saturated heterocycles. The van der Waals surface area contributed by atoms with E-state index in [-0.39, 0.29) is 5.91 Å². The van der Waals surface area contributed by atoms with E-state index in [0.717, 1.165) is 90.4 Å². The van der Waals surface area contributed by atoms with E-state index in [0.29, 0.717) is 13.0 Å². The second kappa shape index (κ2) is 10.2. The van der Waals surface area contributed by atoms with E-state index in [1.54, 1.807) is 7.11 Å². The summed E-state index contributed by atoms with van der Waals surface area (Å²) in [4.78, 5) is 16.4. The fourth-order valence-electron chi connectivity index (χ4n) is 4.58. The maximum absolute atomic E-state index is 11.6. The van der Waals surface area contributed by atoms with Gasteiger partial charge in [0, 0.05) is 44.4 Å². The normalized spacial score (nSPS) is 16.4. The smallest absolute Gasteiger partial charge is 0.224 e. The molecule has 9 heteroatoms. The number of piperazine rings is 1. The summed E-state index contributed by atoms with van der Waals surface area (Å²) >= 11 is 3.55. The Bertz CT molecular complexity index is 1170. The van der Waals surface area contributed by atoms with Crippen LogP contribution in [0, 0.1) is 0 Å². The van der Waals surface area contributed by atoms with Crippen molar-refractivity contribution < 1.29 is 18.8 Å². The third-order valence-corrected chi connectivity index (χ3v) is 7.28. The molecule has 1 aromatic heterocycles. The average Bonchev–Trinajstić information content (AvgIpc) is 3.29. The lowest BCUT2D eigenvalue weighted by atomic mass is 10.0. The first kappa shape index (κ1) is 23.0. The van der Waals surface area contributed by atoms with Crippen molar-refractivity contribution in [3.05, 3.63) is 40.4 Å². The number of benzene rings is 2. The number of hydrogen-bond donors (Lipinski definition) is 1. The number of rotatable bonds is 8. The first-order chi connectivity index (χ1) is 16.6. The van der Waals surface area contributed by atoms with Gasteiger partial charge >= 0.3 is 0 Å². The highest BCUT2D eigenvalue weighted by Gasteiger charge is 2.23. The molecule has 34 heavy (non-hydrogen) atoms. The first-order valence-corrected chi connectivity index (χ1v) is 12.6. The lowest BCUT2D eigenvalue weighted by Crippen LogP contribution is -2.46. The van der Waals surface area contributed by atoms with Crippen molar-refractivity contribution in [1.82, 2.24) is 10.1 Å². The Balaban J connectivity index is 1.05. The van der Waals surface area contributed by atoms with Gasteiger partial charge in [0.25, 0.3) is 0 Å². The summed E-state index contributed by atoms with van der Waals surface area (Å²) in [5, 5.41) is 8.26. The minimum atomic E-state index is 0.0783. The molecule has 0 bridgehead atoms. The summed E-state index contributed by atoms with van der Waals surface area (Å²) in [6.07, 6.45) is 3.44. The van der Waals surface area contributed by atoms with Gasteiger partial charge < -0.3 is 24.2 Å². The van der Waals surface area contributed by atoms with Crippen molar-refractivity contribution in [3.63, 3.8) is 0 Å². The zero-order chi connectivity index (χ0) is 23.5. The summed E-state index contributed by atoms with van der Waals surface area (Å²) in [6.45, 7) is 5.56. The van der Waals surface area contributed by atoms with Crippen molar-refractivity contribution in [2.45, 2.75) is 25.7 Å². The minimum absolute atomic E-state index is 0.0783. The Labute approximate surface area is 207 Å². The highest BCUT2D eigenvalue weighted by molar-refractivity contribution is 9.10. The second-order valence-corrected chi connectivity index (χ2v) is 9.51. The molecule has 8 nitrogen and oxygen atoms in total. The van der Waals surface area contributed by atoms with Crippen LogP contribution in [-0.2, 0) is 11.2 Å². The Hall–Kier alpha value is -2.78. The third kappa shape index (κ3) is 4.86. The monoisotopic (exact) mass is 528 g/mol. The molecule has 0 unspecified atom stereocenters. The number of carbonyl (C=O) groups excluding carboxylic acids is 1. The molecule has 180 valence electrons. The zero-order valence-corrected chi connectivity index (χ0v) is 20.9. The molecule has 1 fully saturated rings. The summed E-state index contributed by atoms with van der Waals surface area (Å²) in [5.41, 5.74) is 2.79. The van der Waals surface area contributed by atoms with Crippen LogP contribution < -0.4 is 19.7 Å². The van der Waals surface area contributed by atoms with E-state index in [4.69, 9.17) is 14.0 Å². The predicted octanol–water partition coefficient (Wildman–Crippen LogP) is 4.46. The molecule has 3 aromatic rings.